The first-order valence-electron chi connectivity index (χ1n) is 7.09. The third-order valence-electron chi connectivity index (χ3n) is 3.97. The maximum atomic E-state index is 3.57. The molecule has 2 unspecified atom stereocenters. The van der Waals surface area contributed by atoms with Crippen LogP contribution in [0.3, 0.4) is 0 Å². The van der Waals surface area contributed by atoms with Gasteiger partial charge in [-0.2, -0.15) is 0 Å². The first kappa shape index (κ1) is 14.0. The van der Waals surface area contributed by atoms with Crippen molar-refractivity contribution in [3.63, 3.8) is 0 Å². The van der Waals surface area contributed by atoms with Crippen molar-refractivity contribution in [3.05, 3.63) is 0 Å². The smallest absolute Gasteiger partial charge is 0.0192 e. The van der Waals surface area contributed by atoms with E-state index >= 15 is 0 Å². The van der Waals surface area contributed by atoms with Crippen molar-refractivity contribution in [3.8, 4) is 0 Å². The largest absolute Gasteiger partial charge is 0.315 e. The van der Waals surface area contributed by atoms with Crippen LogP contribution >= 0.6 is 0 Å². The van der Waals surface area contributed by atoms with E-state index < -0.39 is 0 Å². The maximum absolute atomic E-state index is 3.57. The molecule has 0 saturated carbocycles. The number of likely N-dealkylation sites (tertiary alicyclic amines) is 1. The lowest BCUT2D eigenvalue weighted by Gasteiger charge is -2.25. The van der Waals surface area contributed by atoms with E-state index in [9.17, 15) is 0 Å². The zero-order valence-electron chi connectivity index (χ0n) is 11.6. The number of unbranched alkanes of at least 4 members (excludes halogenated alkanes) is 1. The van der Waals surface area contributed by atoms with Gasteiger partial charge in [0.05, 0.1) is 0 Å². The van der Waals surface area contributed by atoms with Gasteiger partial charge < -0.3 is 5.32 Å². The summed E-state index contributed by atoms with van der Waals surface area (Å²) >= 11 is 0. The van der Waals surface area contributed by atoms with Gasteiger partial charge in [0.15, 0.2) is 0 Å². The average molecular weight is 226 g/mol. The second-order valence-corrected chi connectivity index (χ2v) is 5.69. The molecule has 2 nitrogen and oxygen atoms in total. The second-order valence-electron chi connectivity index (χ2n) is 5.69. The fourth-order valence-electron chi connectivity index (χ4n) is 2.50. The average Bonchev–Trinajstić information content (AvgIpc) is 2.73. The SMILES string of the molecule is CCCCNCC(C)N1CCC(C(C)C)C1. The molecule has 0 radical (unpaired) electrons. The third kappa shape index (κ3) is 4.42. The number of rotatable bonds is 7. The van der Waals surface area contributed by atoms with Crippen molar-refractivity contribution >= 4 is 0 Å². The van der Waals surface area contributed by atoms with Gasteiger partial charge in [-0.15, -0.1) is 0 Å². The molecule has 0 bridgehead atoms. The summed E-state index contributed by atoms with van der Waals surface area (Å²) < 4.78 is 0. The molecule has 0 aliphatic carbocycles. The summed E-state index contributed by atoms with van der Waals surface area (Å²) in [7, 11) is 0. The zero-order valence-corrected chi connectivity index (χ0v) is 11.6. The summed E-state index contributed by atoms with van der Waals surface area (Å²) in [6, 6.07) is 0.709. The molecule has 96 valence electrons. The molecule has 1 aliphatic heterocycles. The van der Waals surface area contributed by atoms with E-state index in [1.165, 1.54) is 38.9 Å². The maximum Gasteiger partial charge on any atom is 0.0192 e. The van der Waals surface area contributed by atoms with E-state index in [1.807, 2.05) is 0 Å². The third-order valence-corrected chi connectivity index (χ3v) is 3.97. The van der Waals surface area contributed by atoms with Crippen LogP contribution in [0.25, 0.3) is 0 Å². The molecule has 16 heavy (non-hydrogen) atoms. The Hall–Kier alpha value is -0.0800. The van der Waals surface area contributed by atoms with Gasteiger partial charge in [-0.3, -0.25) is 4.90 Å². The van der Waals surface area contributed by atoms with Gasteiger partial charge >= 0.3 is 0 Å². The topological polar surface area (TPSA) is 15.3 Å². The fourth-order valence-corrected chi connectivity index (χ4v) is 2.50. The Morgan fingerprint density at radius 3 is 2.62 bits per heavy atom. The van der Waals surface area contributed by atoms with Gasteiger partial charge in [-0.1, -0.05) is 27.2 Å². The summed E-state index contributed by atoms with van der Waals surface area (Å²) in [6.45, 7) is 14.3. The van der Waals surface area contributed by atoms with Crippen LogP contribution in [0.15, 0.2) is 0 Å². The van der Waals surface area contributed by atoms with Gasteiger partial charge in [-0.25, -0.2) is 0 Å². The van der Waals surface area contributed by atoms with Crippen molar-refractivity contribution in [1.29, 1.82) is 0 Å². The molecule has 1 rings (SSSR count). The van der Waals surface area contributed by atoms with Crippen LogP contribution in [0.1, 0.15) is 47.0 Å². The van der Waals surface area contributed by atoms with Gasteiger partial charge in [0.25, 0.3) is 0 Å². The predicted octanol–water partition coefficient (Wildman–Crippen LogP) is 2.74. The number of nitrogens with one attached hydrogen (secondary N) is 1. The second kappa shape index (κ2) is 7.29. The molecule has 1 N–H and O–H groups in total. The Labute approximate surface area is 102 Å². The molecule has 0 aromatic heterocycles. The molecular weight excluding hydrogens is 196 g/mol. The number of hydrogen-bond donors (Lipinski definition) is 1. The van der Waals surface area contributed by atoms with Crippen LogP contribution < -0.4 is 5.32 Å². The molecule has 0 amide bonds. The minimum absolute atomic E-state index is 0.709. The molecule has 0 spiro atoms. The predicted molar refractivity (Wildman–Crippen MR) is 71.8 cm³/mol. The summed E-state index contributed by atoms with van der Waals surface area (Å²) in [6.07, 6.45) is 4.00. The number of nitrogens with zero attached hydrogens (tertiary/aromatic N) is 1. The van der Waals surface area contributed by atoms with Crippen molar-refractivity contribution < 1.29 is 0 Å². The van der Waals surface area contributed by atoms with Gasteiger partial charge in [0.1, 0.15) is 0 Å². The highest BCUT2D eigenvalue weighted by Crippen LogP contribution is 2.24. The molecule has 0 aromatic carbocycles. The van der Waals surface area contributed by atoms with Crippen LogP contribution in [0.5, 0.6) is 0 Å². The Balaban J connectivity index is 2.15. The van der Waals surface area contributed by atoms with E-state index in [-0.39, 0.29) is 0 Å². The van der Waals surface area contributed by atoms with Crippen LogP contribution in [0.4, 0.5) is 0 Å². The Kier molecular flexibility index (Phi) is 6.37. The highest BCUT2D eigenvalue weighted by Gasteiger charge is 2.27. The first-order chi connectivity index (χ1) is 7.65. The Morgan fingerprint density at radius 1 is 1.31 bits per heavy atom. The van der Waals surface area contributed by atoms with Crippen LogP contribution in [-0.4, -0.2) is 37.1 Å². The molecule has 0 aromatic rings. The Morgan fingerprint density at radius 2 is 2.06 bits per heavy atom. The quantitative estimate of drug-likeness (QED) is 0.672. The van der Waals surface area contributed by atoms with Crippen molar-refractivity contribution in [2.45, 2.75) is 53.0 Å². The minimum atomic E-state index is 0.709. The molecular formula is C14H30N2. The summed E-state index contributed by atoms with van der Waals surface area (Å²) in [5.41, 5.74) is 0. The summed E-state index contributed by atoms with van der Waals surface area (Å²) in [5, 5.41) is 3.57. The number of hydrogen-bond acceptors (Lipinski definition) is 2. The Bertz CT molecular complexity index is 180. The molecule has 1 saturated heterocycles. The normalized spacial score (nSPS) is 24.2. The van der Waals surface area contributed by atoms with E-state index in [0.29, 0.717) is 6.04 Å². The highest BCUT2D eigenvalue weighted by atomic mass is 15.2. The van der Waals surface area contributed by atoms with Crippen molar-refractivity contribution in [1.82, 2.24) is 10.2 Å². The van der Waals surface area contributed by atoms with Gasteiger partial charge in [0.2, 0.25) is 0 Å². The summed E-state index contributed by atoms with van der Waals surface area (Å²) in [4.78, 5) is 2.66. The minimum Gasteiger partial charge on any atom is -0.315 e. The monoisotopic (exact) mass is 226 g/mol. The molecule has 1 heterocycles. The molecule has 1 fully saturated rings. The van der Waals surface area contributed by atoms with Crippen LogP contribution in [-0.2, 0) is 0 Å². The molecule has 2 heteroatoms. The van der Waals surface area contributed by atoms with Gasteiger partial charge in [0, 0.05) is 19.1 Å². The van der Waals surface area contributed by atoms with Crippen LogP contribution in [0.2, 0.25) is 0 Å². The lowest BCUT2D eigenvalue weighted by Crippen LogP contribution is -2.39. The van der Waals surface area contributed by atoms with E-state index in [0.717, 1.165) is 18.4 Å². The summed E-state index contributed by atoms with van der Waals surface area (Å²) in [5.74, 6) is 1.78. The van der Waals surface area contributed by atoms with E-state index in [4.69, 9.17) is 0 Å². The van der Waals surface area contributed by atoms with Gasteiger partial charge in [-0.05, 0) is 44.7 Å². The zero-order chi connectivity index (χ0) is 12.0. The van der Waals surface area contributed by atoms with Crippen molar-refractivity contribution in [2.75, 3.05) is 26.2 Å². The van der Waals surface area contributed by atoms with Crippen molar-refractivity contribution in [2.24, 2.45) is 11.8 Å². The van der Waals surface area contributed by atoms with E-state index in [1.54, 1.807) is 0 Å². The molecule has 2 atom stereocenters. The lowest BCUT2D eigenvalue weighted by molar-refractivity contribution is 0.233. The fraction of sp³-hybridized carbons (Fsp3) is 1.00. The first-order valence-corrected chi connectivity index (χ1v) is 7.09. The van der Waals surface area contributed by atoms with E-state index in [2.05, 4.69) is 37.9 Å². The highest BCUT2D eigenvalue weighted by molar-refractivity contribution is 4.81. The lowest BCUT2D eigenvalue weighted by atomic mass is 9.95. The van der Waals surface area contributed by atoms with Crippen LogP contribution in [0, 0.1) is 11.8 Å². The molecule has 1 aliphatic rings. The standard InChI is InChI=1S/C14H30N2/c1-5-6-8-15-10-13(4)16-9-7-14(11-16)12(2)3/h12-15H,5-11H2,1-4H3.